The highest BCUT2D eigenvalue weighted by molar-refractivity contribution is 6.06. The van der Waals surface area contributed by atoms with Gasteiger partial charge in [-0.25, -0.2) is 0 Å². The largest absolute Gasteiger partial charge is 0.468 e. The number of hydrogen-bond donors (Lipinski definition) is 0. The van der Waals surface area contributed by atoms with Crippen molar-refractivity contribution < 1.29 is 23.9 Å². The fraction of sp³-hybridized carbons (Fsp3) is 0.667. The minimum Gasteiger partial charge on any atom is -0.468 e. The van der Waals surface area contributed by atoms with E-state index in [0.29, 0.717) is 19.3 Å². The SMILES string of the molecule is COC(=O)C1(C(=O)OC)C=C(C)C2(C)C(=O)CCCC21. The summed E-state index contributed by atoms with van der Waals surface area (Å²) in [5, 5.41) is 0. The lowest BCUT2D eigenvalue weighted by Gasteiger charge is -2.41. The average molecular weight is 280 g/mol. The van der Waals surface area contributed by atoms with Crippen LogP contribution in [0.1, 0.15) is 33.1 Å². The Balaban J connectivity index is 2.63. The Labute approximate surface area is 118 Å². The van der Waals surface area contributed by atoms with E-state index < -0.39 is 28.7 Å². The van der Waals surface area contributed by atoms with Crippen molar-refractivity contribution in [1.29, 1.82) is 0 Å². The highest BCUT2D eigenvalue weighted by Crippen LogP contribution is 2.59. The minimum atomic E-state index is -1.49. The molecule has 20 heavy (non-hydrogen) atoms. The van der Waals surface area contributed by atoms with Crippen LogP contribution in [-0.2, 0) is 23.9 Å². The first-order valence-electron chi connectivity index (χ1n) is 6.75. The smallest absolute Gasteiger partial charge is 0.327 e. The zero-order valence-electron chi connectivity index (χ0n) is 12.3. The molecule has 0 aromatic heterocycles. The molecule has 0 saturated heterocycles. The van der Waals surface area contributed by atoms with Crippen LogP contribution in [0, 0.1) is 16.7 Å². The van der Waals surface area contributed by atoms with Gasteiger partial charge in [-0.05, 0) is 26.7 Å². The van der Waals surface area contributed by atoms with E-state index in [2.05, 4.69) is 0 Å². The molecule has 5 heteroatoms. The van der Waals surface area contributed by atoms with Gasteiger partial charge in [0.25, 0.3) is 0 Å². The maximum absolute atomic E-state index is 12.4. The summed E-state index contributed by atoms with van der Waals surface area (Å²) < 4.78 is 9.68. The predicted octanol–water partition coefficient (Wildman–Crippen LogP) is 1.65. The van der Waals surface area contributed by atoms with E-state index in [1.54, 1.807) is 13.0 Å². The van der Waals surface area contributed by atoms with E-state index in [9.17, 15) is 14.4 Å². The molecule has 0 amide bonds. The molecule has 2 rings (SSSR count). The molecule has 0 aliphatic heterocycles. The van der Waals surface area contributed by atoms with Gasteiger partial charge in [-0.3, -0.25) is 14.4 Å². The number of esters is 2. The van der Waals surface area contributed by atoms with Gasteiger partial charge < -0.3 is 9.47 Å². The lowest BCUT2D eigenvalue weighted by Crippen LogP contribution is -2.51. The van der Waals surface area contributed by atoms with Crippen molar-refractivity contribution in [2.75, 3.05) is 14.2 Å². The van der Waals surface area contributed by atoms with Crippen molar-refractivity contribution in [1.82, 2.24) is 0 Å². The van der Waals surface area contributed by atoms with E-state index >= 15 is 0 Å². The molecule has 0 aromatic carbocycles. The van der Waals surface area contributed by atoms with Crippen molar-refractivity contribution in [2.45, 2.75) is 33.1 Å². The highest BCUT2D eigenvalue weighted by atomic mass is 16.5. The molecule has 1 saturated carbocycles. The summed E-state index contributed by atoms with van der Waals surface area (Å²) in [6.07, 6.45) is 3.37. The second-order valence-corrected chi connectivity index (χ2v) is 5.75. The molecule has 110 valence electrons. The van der Waals surface area contributed by atoms with Crippen LogP contribution < -0.4 is 0 Å². The number of fused-ring (bicyclic) bond motifs is 1. The van der Waals surface area contributed by atoms with Gasteiger partial charge in [0.2, 0.25) is 0 Å². The average Bonchev–Trinajstić information content (AvgIpc) is 2.69. The van der Waals surface area contributed by atoms with Crippen LogP contribution in [-0.4, -0.2) is 31.9 Å². The molecular formula is C15H20O5. The Morgan fingerprint density at radius 3 is 2.30 bits per heavy atom. The molecule has 2 aliphatic rings. The first kappa shape index (κ1) is 14.8. The summed E-state index contributed by atoms with van der Waals surface area (Å²) in [7, 11) is 2.49. The van der Waals surface area contributed by atoms with Gasteiger partial charge in [-0.2, -0.15) is 0 Å². The molecule has 0 aromatic rings. The second kappa shape index (κ2) is 4.72. The Morgan fingerprint density at radius 2 is 1.80 bits per heavy atom. The summed E-state index contributed by atoms with van der Waals surface area (Å²) in [5.41, 5.74) is -1.51. The number of carbonyl (C=O) groups excluding carboxylic acids is 3. The standard InChI is InChI=1S/C15H20O5/c1-9-8-15(12(17)19-3,13(18)20-4)10-6-5-7-11(16)14(9,10)2/h8,10H,5-7H2,1-4H3. The molecule has 2 unspecified atom stereocenters. The van der Waals surface area contributed by atoms with Crippen LogP contribution in [0.15, 0.2) is 11.6 Å². The van der Waals surface area contributed by atoms with Crippen molar-refractivity contribution >= 4 is 17.7 Å². The minimum absolute atomic E-state index is 0.0807. The number of carbonyl (C=O) groups is 3. The zero-order valence-corrected chi connectivity index (χ0v) is 12.3. The normalized spacial score (nSPS) is 31.3. The van der Waals surface area contributed by atoms with Gasteiger partial charge in [-0.1, -0.05) is 11.6 Å². The Bertz CT molecular complexity index is 488. The number of ketones is 1. The van der Waals surface area contributed by atoms with Crippen molar-refractivity contribution in [3.05, 3.63) is 11.6 Å². The van der Waals surface area contributed by atoms with Crippen molar-refractivity contribution in [2.24, 2.45) is 16.7 Å². The first-order valence-corrected chi connectivity index (χ1v) is 6.75. The number of allylic oxidation sites excluding steroid dienone is 1. The van der Waals surface area contributed by atoms with Gasteiger partial charge in [-0.15, -0.1) is 0 Å². The van der Waals surface area contributed by atoms with Gasteiger partial charge in [0.15, 0.2) is 5.41 Å². The third-order valence-electron chi connectivity index (χ3n) is 5.03. The van der Waals surface area contributed by atoms with Crippen LogP contribution >= 0.6 is 0 Å². The maximum Gasteiger partial charge on any atom is 0.327 e. The maximum atomic E-state index is 12.4. The van der Waals surface area contributed by atoms with Crippen LogP contribution in [0.5, 0.6) is 0 Å². The topological polar surface area (TPSA) is 69.7 Å². The molecule has 5 nitrogen and oxygen atoms in total. The van der Waals surface area contributed by atoms with E-state index in [-0.39, 0.29) is 5.78 Å². The lowest BCUT2D eigenvalue weighted by atomic mass is 9.59. The van der Waals surface area contributed by atoms with Gasteiger partial charge in [0, 0.05) is 12.3 Å². The Morgan fingerprint density at radius 1 is 1.25 bits per heavy atom. The molecule has 0 radical (unpaired) electrons. The molecule has 2 atom stereocenters. The summed E-state index contributed by atoms with van der Waals surface area (Å²) in [6.45, 7) is 3.61. The summed E-state index contributed by atoms with van der Waals surface area (Å²) in [5.74, 6) is -1.63. The highest BCUT2D eigenvalue weighted by Gasteiger charge is 2.66. The van der Waals surface area contributed by atoms with Gasteiger partial charge in [0.05, 0.1) is 19.6 Å². The third-order valence-corrected chi connectivity index (χ3v) is 5.03. The second-order valence-electron chi connectivity index (χ2n) is 5.75. The quantitative estimate of drug-likeness (QED) is 0.437. The third kappa shape index (κ3) is 1.58. The molecule has 0 N–H and O–H groups in total. The monoisotopic (exact) mass is 280 g/mol. The van der Waals surface area contributed by atoms with Gasteiger partial charge >= 0.3 is 11.9 Å². The fourth-order valence-corrected chi connectivity index (χ4v) is 3.80. The number of ether oxygens (including phenoxy) is 2. The fourth-order valence-electron chi connectivity index (χ4n) is 3.80. The van der Waals surface area contributed by atoms with Crippen molar-refractivity contribution in [3.63, 3.8) is 0 Å². The Kier molecular flexibility index (Phi) is 3.48. The van der Waals surface area contributed by atoms with Crippen LogP contribution in [0.4, 0.5) is 0 Å². The van der Waals surface area contributed by atoms with E-state index in [0.717, 1.165) is 5.57 Å². The number of Topliss-reactive ketones (excluding diaryl/α,β-unsaturated/α-hetero) is 1. The predicted molar refractivity (Wildman–Crippen MR) is 70.7 cm³/mol. The van der Waals surface area contributed by atoms with Crippen molar-refractivity contribution in [3.8, 4) is 0 Å². The van der Waals surface area contributed by atoms with Crippen LogP contribution in [0.25, 0.3) is 0 Å². The molecule has 0 spiro atoms. The number of rotatable bonds is 2. The van der Waals surface area contributed by atoms with Gasteiger partial charge in [0.1, 0.15) is 5.78 Å². The molecule has 1 fully saturated rings. The van der Waals surface area contributed by atoms with E-state index in [4.69, 9.17) is 9.47 Å². The summed E-state index contributed by atoms with van der Waals surface area (Å²) in [6, 6.07) is 0. The Hall–Kier alpha value is -1.65. The summed E-state index contributed by atoms with van der Waals surface area (Å²) >= 11 is 0. The van der Waals surface area contributed by atoms with E-state index in [1.807, 2.05) is 6.92 Å². The lowest BCUT2D eigenvalue weighted by molar-refractivity contribution is -0.172. The van der Waals surface area contributed by atoms with Crippen LogP contribution in [0.2, 0.25) is 0 Å². The van der Waals surface area contributed by atoms with E-state index in [1.165, 1.54) is 14.2 Å². The first-order chi connectivity index (χ1) is 9.35. The molecule has 0 heterocycles. The van der Waals surface area contributed by atoms with Crippen LogP contribution in [0.3, 0.4) is 0 Å². The molecular weight excluding hydrogens is 260 g/mol. The molecule has 2 aliphatic carbocycles. The number of hydrogen-bond acceptors (Lipinski definition) is 5. The number of methoxy groups -OCH3 is 2. The molecule has 0 bridgehead atoms. The zero-order chi connectivity index (χ0) is 15.1. The summed E-state index contributed by atoms with van der Waals surface area (Å²) in [4.78, 5) is 37.0.